The van der Waals surface area contributed by atoms with Gasteiger partial charge in [0.25, 0.3) is 0 Å². The number of nitrogens with two attached hydrogens (primary N) is 1. The lowest BCUT2D eigenvalue weighted by molar-refractivity contribution is -0.145. The van der Waals surface area contributed by atoms with E-state index in [4.69, 9.17) is 10.8 Å². The Morgan fingerprint density at radius 3 is 2.25 bits per heavy atom. The smallest absolute Gasteiger partial charge is 0.311 e. The van der Waals surface area contributed by atoms with E-state index < -0.39 is 11.8 Å². The van der Waals surface area contributed by atoms with Crippen LogP contribution in [0.3, 0.4) is 0 Å². The zero-order chi connectivity index (χ0) is 9.14. The molecule has 0 aromatic carbocycles. The Balaban J connectivity index is 2.44. The summed E-state index contributed by atoms with van der Waals surface area (Å²) in [5.41, 5.74) is 4.81. The molecule has 1 saturated heterocycles. The van der Waals surface area contributed by atoms with Gasteiger partial charge in [0.05, 0.1) is 6.10 Å². The number of aliphatic hydroxyl groups excluding tert-OH is 1. The molecule has 1 aliphatic rings. The Hall–Kier alpha value is -1.10. The third-order valence-corrected chi connectivity index (χ3v) is 1.96. The van der Waals surface area contributed by atoms with E-state index in [0.717, 1.165) is 0 Å². The summed E-state index contributed by atoms with van der Waals surface area (Å²) >= 11 is 0. The lowest BCUT2D eigenvalue weighted by Crippen LogP contribution is -2.45. The van der Waals surface area contributed by atoms with Crippen molar-refractivity contribution in [3.8, 4) is 0 Å². The molecule has 0 aliphatic carbocycles. The molecule has 0 aromatic heterocycles. The van der Waals surface area contributed by atoms with Crippen LogP contribution in [0.2, 0.25) is 0 Å². The van der Waals surface area contributed by atoms with Crippen LogP contribution in [0.15, 0.2) is 0 Å². The van der Waals surface area contributed by atoms with Crippen molar-refractivity contribution in [3.05, 3.63) is 0 Å². The lowest BCUT2D eigenvalue weighted by atomic mass is 10.1. The van der Waals surface area contributed by atoms with Gasteiger partial charge < -0.3 is 15.7 Å². The minimum atomic E-state index is -0.925. The van der Waals surface area contributed by atoms with Crippen molar-refractivity contribution in [2.24, 2.45) is 5.73 Å². The zero-order valence-corrected chi connectivity index (χ0v) is 6.69. The van der Waals surface area contributed by atoms with E-state index in [1.54, 1.807) is 0 Å². The highest BCUT2D eigenvalue weighted by Crippen LogP contribution is 2.09. The van der Waals surface area contributed by atoms with Crippen molar-refractivity contribution in [1.82, 2.24) is 4.90 Å². The quantitative estimate of drug-likeness (QED) is 0.434. The molecule has 1 fully saturated rings. The van der Waals surface area contributed by atoms with Gasteiger partial charge in [-0.3, -0.25) is 9.59 Å². The maximum atomic E-state index is 11.0. The Morgan fingerprint density at radius 1 is 1.33 bits per heavy atom. The van der Waals surface area contributed by atoms with Gasteiger partial charge in [-0.15, -0.1) is 0 Å². The first-order valence-electron chi connectivity index (χ1n) is 3.88. The largest absolute Gasteiger partial charge is 0.393 e. The average molecular weight is 172 g/mol. The van der Waals surface area contributed by atoms with Gasteiger partial charge in [0.2, 0.25) is 0 Å². The number of amides is 2. The standard InChI is InChI=1S/C7H12N2O3/c8-6(11)7(12)9-3-1-5(10)2-4-9/h5,10H,1-4H2,(H2,8,11). The van der Waals surface area contributed by atoms with Gasteiger partial charge in [-0.1, -0.05) is 0 Å². The van der Waals surface area contributed by atoms with Crippen molar-refractivity contribution < 1.29 is 14.7 Å². The summed E-state index contributed by atoms with van der Waals surface area (Å²) in [5, 5.41) is 9.09. The maximum Gasteiger partial charge on any atom is 0.311 e. The van der Waals surface area contributed by atoms with E-state index in [0.29, 0.717) is 25.9 Å². The minimum Gasteiger partial charge on any atom is -0.393 e. The molecule has 3 N–H and O–H groups in total. The summed E-state index contributed by atoms with van der Waals surface area (Å²) in [6.45, 7) is 0.839. The molecule has 0 radical (unpaired) electrons. The second-order valence-electron chi connectivity index (χ2n) is 2.89. The SMILES string of the molecule is NC(=O)C(=O)N1CCC(O)CC1. The van der Waals surface area contributed by atoms with Crippen LogP contribution in [0, 0.1) is 0 Å². The number of likely N-dealkylation sites (tertiary alicyclic amines) is 1. The third kappa shape index (κ3) is 1.94. The fourth-order valence-electron chi connectivity index (χ4n) is 1.22. The molecule has 0 spiro atoms. The number of aliphatic hydroxyl groups is 1. The van der Waals surface area contributed by atoms with Crippen LogP contribution in [0.5, 0.6) is 0 Å². The molecular weight excluding hydrogens is 160 g/mol. The number of nitrogens with zero attached hydrogens (tertiary/aromatic N) is 1. The summed E-state index contributed by atoms with van der Waals surface area (Å²) in [5.74, 6) is -1.58. The molecule has 1 heterocycles. The fourth-order valence-corrected chi connectivity index (χ4v) is 1.22. The number of hydrogen-bond donors (Lipinski definition) is 2. The predicted molar refractivity (Wildman–Crippen MR) is 41.0 cm³/mol. The summed E-state index contributed by atoms with van der Waals surface area (Å²) in [7, 11) is 0. The predicted octanol–water partition coefficient (Wildman–Crippen LogP) is -1.54. The number of carbonyl (C=O) groups excluding carboxylic acids is 2. The Morgan fingerprint density at radius 2 is 1.83 bits per heavy atom. The van der Waals surface area contributed by atoms with E-state index in [2.05, 4.69) is 0 Å². The molecule has 0 saturated carbocycles. The first kappa shape index (κ1) is 8.99. The normalized spacial score (nSPS) is 19.2. The van der Waals surface area contributed by atoms with E-state index in [1.165, 1.54) is 4.90 Å². The van der Waals surface area contributed by atoms with Crippen molar-refractivity contribution in [3.63, 3.8) is 0 Å². The van der Waals surface area contributed by atoms with Gasteiger partial charge in [-0.25, -0.2) is 0 Å². The monoisotopic (exact) mass is 172 g/mol. The van der Waals surface area contributed by atoms with Gasteiger partial charge in [-0.05, 0) is 12.8 Å². The van der Waals surface area contributed by atoms with Crippen molar-refractivity contribution >= 4 is 11.8 Å². The highest BCUT2D eigenvalue weighted by molar-refractivity contribution is 6.34. The lowest BCUT2D eigenvalue weighted by Gasteiger charge is -2.28. The summed E-state index contributed by atoms with van der Waals surface area (Å²) < 4.78 is 0. The molecule has 0 unspecified atom stereocenters. The van der Waals surface area contributed by atoms with Crippen molar-refractivity contribution in [2.75, 3.05) is 13.1 Å². The molecule has 5 heteroatoms. The first-order valence-corrected chi connectivity index (χ1v) is 3.88. The van der Waals surface area contributed by atoms with Crippen molar-refractivity contribution in [2.45, 2.75) is 18.9 Å². The topological polar surface area (TPSA) is 83.6 Å². The van der Waals surface area contributed by atoms with Crippen LogP contribution in [0.4, 0.5) is 0 Å². The highest BCUT2D eigenvalue weighted by atomic mass is 16.3. The molecule has 1 rings (SSSR count). The molecule has 2 amide bonds. The molecular formula is C7H12N2O3. The van der Waals surface area contributed by atoms with Crippen LogP contribution in [-0.4, -0.2) is 41.0 Å². The Kier molecular flexibility index (Phi) is 2.65. The minimum absolute atomic E-state index is 0.345. The second-order valence-corrected chi connectivity index (χ2v) is 2.89. The van der Waals surface area contributed by atoms with E-state index in [9.17, 15) is 9.59 Å². The molecule has 5 nitrogen and oxygen atoms in total. The van der Waals surface area contributed by atoms with E-state index in [1.807, 2.05) is 0 Å². The highest BCUT2D eigenvalue weighted by Gasteiger charge is 2.23. The van der Waals surface area contributed by atoms with E-state index in [-0.39, 0.29) is 6.10 Å². The average Bonchev–Trinajstić information content (AvgIpc) is 2.04. The molecule has 0 bridgehead atoms. The summed E-state index contributed by atoms with van der Waals surface area (Å²) in [6.07, 6.45) is 0.708. The van der Waals surface area contributed by atoms with Crippen LogP contribution in [-0.2, 0) is 9.59 Å². The molecule has 1 aliphatic heterocycles. The number of piperidine rings is 1. The number of rotatable bonds is 0. The molecule has 68 valence electrons. The molecule has 0 aromatic rings. The van der Waals surface area contributed by atoms with Crippen LogP contribution in [0.1, 0.15) is 12.8 Å². The first-order chi connectivity index (χ1) is 5.61. The number of primary amides is 1. The zero-order valence-electron chi connectivity index (χ0n) is 6.69. The van der Waals surface area contributed by atoms with E-state index >= 15 is 0 Å². The van der Waals surface area contributed by atoms with Crippen molar-refractivity contribution in [1.29, 1.82) is 0 Å². The second kappa shape index (κ2) is 3.53. The van der Waals surface area contributed by atoms with Crippen LogP contribution >= 0.6 is 0 Å². The molecule has 0 atom stereocenters. The molecule has 12 heavy (non-hydrogen) atoms. The number of carbonyl (C=O) groups is 2. The maximum absolute atomic E-state index is 11.0. The van der Waals surface area contributed by atoms with Gasteiger partial charge >= 0.3 is 11.8 Å². The van der Waals surface area contributed by atoms with Gasteiger partial charge in [0.1, 0.15) is 0 Å². The third-order valence-electron chi connectivity index (χ3n) is 1.96. The fraction of sp³-hybridized carbons (Fsp3) is 0.714. The van der Waals surface area contributed by atoms with Gasteiger partial charge in [0.15, 0.2) is 0 Å². The van der Waals surface area contributed by atoms with Crippen LogP contribution < -0.4 is 5.73 Å². The summed E-state index contributed by atoms with van der Waals surface area (Å²) in [4.78, 5) is 22.8. The Bertz CT molecular complexity index is 197. The Labute approximate surface area is 70.1 Å². The van der Waals surface area contributed by atoms with Gasteiger partial charge in [-0.2, -0.15) is 0 Å². The van der Waals surface area contributed by atoms with Crippen LogP contribution in [0.25, 0.3) is 0 Å². The number of hydrogen-bond acceptors (Lipinski definition) is 3. The summed E-state index contributed by atoms with van der Waals surface area (Å²) in [6, 6.07) is 0. The van der Waals surface area contributed by atoms with Gasteiger partial charge in [0, 0.05) is 13.1 Å².